The second kappa shape index (κ2) is 6.55. The van der Waals surface area contributed by atoms with E-state index in [1.807, 2.05) is 26.0 Å². The lowest BCUT2D eigenvalue weighted by atomic mass is 10.1. The Kier molecular flexibility index (Phi) is 5.63. The Labute approximate surface area is 115 Å². The molecule has 0 saturated heterocycles. The van der Waals surface area contributed by atoms with E-state index in [0.717, 1.165) is 18.4 Å². The molecule has 0 fully saturated rings. The molecule has 0 amide bonds. The summed E-state index contributed by atoms with van der Waals surface area (Å²) in [6.07, 6.45) is 1.78. The Bertz CT molecular complexity index is 468. The number of alkyl halides is 1. The van der Waals surface area contributed by atoms with Crippen molar-refractivity contribution in [3.8, 4) is 0 Å². The predicted molar refractivity (Wildman–Crippen MR) is 75.6 cm³/mol. The van der Waals surface area contributed by atoms with Crippen molar-refractivity contribution >= 4 is 21.6 Å². The molecule has 0 radical (unpaired) electrons. The van der Waals surface area contributed by atoms with Crippen LogP contribution in [0.1, 0.15) is 25.8 Å². The molecule has 1 aromatic rings. The summed E-state index contributed by atoms with van der Waals surface area (Å²) in [6, 6.07) is 6.99. The third-order valence-corrected chi connectivity index (χ3v) is 5.24. The first-order chi connectivity index (χ1) is 8.39. The minimum atomic E-state index is -3.37. The second-order valence-electron chi connectivity index (χ2n) is 4.55. The van der Waals surface area contributed by atoms with Crippen LogP contribution in [-0.2, 0) is 16.4 Å². The van der Waals surface area contributed by atoms with Gasteiger partial charge in [-0.25, -0.2) is 8.42 Å². The van der Waals surface area contributed by atoms with Gasteiger partial charge >= 0.3 is 0 Å². The number of hydrogen-bond donors (Lipinski definition) is 0. The van der Waals surface area contributed by atoms with Gasteiger partial charge in [0.2, 0.25) is 10.0 Å². The summed E-state index contributed by atoms with van der Waals surface area (Å²) in [5.74, 6) is 0.621. The lowest BCUT2D eigenvalue weighted by Gasteiger charge is -2.21. The highest BCUT2D eigenvalue weighted by molar-refractivity contribution is 7.89. The minimum Gasteiger partial charge on any atom is -0.207 e. The molecule has 0 saturated carbocycles. The molecule has 0 bridgehead atoms. The van der Waals surface area contributed by atoms with E-state index in [2.05, 4.69) is 0 Å². The Balaban J connectivity index is 2.91. The van der Waals surface area contributed by atoms with E-state index in [1.54, 1.807) is 19.2 Å². The average Bonchev–Trinajstić information content (AvgIpc) is 2.35. The molecule has 0 aliphatic rings. The van der Waals surface area contributed by atoms with Gasteiger partial charge in [0.15, 0.2) is 0 Å². The van der Waals surface area contributed by atoms with Crippen LogP contribution in [0.25, 0.3) is 0 Å². The third kappa shape index (κ3) is 3.70. The van der Waals surface area contributed by atoms with Crippen molar-refractivity contribution in [3.63, 3.8) is 0 Å². The van der Waals surface area contributed by atoms with Gasteiger partial charge in [0, 0.05) is 19.0 Å². The summed E-state index contributed by atoms with van der Waals surface area (Å²) in [7, 11) is -1.77. The molecule has 0 aromatic heterocycles. The first-order valence-corrected chi connectivity index (χ1v) is 8.00. The van der Waals surface area contributed by atoms with Crippen molar-refractivity contribution in [3.05, 3.63) is 29.8 Å². The summed E-state index contributed by atoms with van der Waals surface area (Å²) in [5, 5.41) is 0. The van der Waals surface area contributed by atoms with Gasteiger partial charge in [0.1, 0.15) is 0 Å². The van der Waals surface area contributed by atoms with Crippen LogP contribution in [0.4, 0.5) is 0 Å². The van der Waals surface area contributed by atoms with Crippen molar-refractivity contribution in [1.82, 2.24) is 4.31 Å². The molecule has 0 unspecified atom stereocenters. The van der Waals surface area contributed by atoms with Crippen LogP contribution in [0.3, 0.4) is 0 Å². The highest BCUT2D eigenvalue weighted by atomic mass is 35.5. The number of halogens is 1. The molecule has 1 rings (SSSR count). The fourth-order valence-electron chi connectivity index (χ4n) is 1.54. The van der Waals surface area contributed by atoms with Gasteiger partial charge in [-0.1, -0.05) is 12.1 Å². The summed E-state index contributed by atoms with van der Waals surface area (Å²) in [4.78, 5) is 0.341. The van der Waals surface area contributed by atoms with Crippen LogP contribution in [0.15, 0.2) is 29.2 Å². The van der Waals surface area contributed by atoms with E-state index in [4.69, 9.17) is 11.6 Å². The van der Waals surface area contributed by atoms with Crippen molar-refractivity contribution in [1.29, 1.82) is 0 Å². The molecule has 5 heteroatoms. The number of sulfonamides is 1. The smallest absolute Gasteiger partial charge is 0.207 e. The van der Waals surface area contributed by atoms with Crippen LogP contribution in [0, 0.1) is 0 Å². The molecule has 0 atom stereocenters. The monoisotopic (exact) mass is 289 g/mol. The van der Waals surface area contributed by atoms with Crippen molar-refractivity contribution in [2.24, 2.45) is 0 Å². The Hall–Kier alpha value is -0.580. The standard InChI is InChI=1S/C13H20ClNO2S/c1-11(2)15(3)18(16,17)13-8-6-12(7-9-13)5-4-10-14/h6-9,11H,4-5,10H2,1-3H3. The van der Waals surface area contributed by atoms with E-state index >= 15 is 0 Å². The van der Waals surface area contributed by atoms with Crippen LogP contribution >= 0.6 is 11.6 Å². The molecule has 0 N–H and O–H groups in total. The number of rotatable bonds is 6. The number of aryl methyl sites for hydroxylation is 1. The SMILES string of the molecule is CC(C)N(C)S(=O)(=O)c1ccc(CCCCl)cc1. The van der Waals surface area contributed by atoms with Crippen molar-refractivity contribution in [2.45, 2.75) is 37.6 Å². The zero-order chi connectivity index (χ0) is 13.8. The number of nitrogens with zero attached hydrogens (tertiary/aromatic N) is 1. The highest BCUT2D eigenvalue weighted by Gasteiger charge is 2.22. The maximum atomic E-state index is 12.2. The Morgan fingerprint density at radius 2 is 1.78 bits per heavy atom. The van der Waals surface area contributed by atoms with Crippen molar-refractivity contribution in [2.75, 3.05) is 12.9 Å². The molecular formula is C13H20ClNO2S. The lowest BCUT2D eigenvalue weighted by Crippen LogP contribution is -2.33. The van der Waals surface area contributed by atoms with E-state index in [1.165, 1.54) is 4.31 Å². The molecule has 0 heterocycles. The molecular weight excluding hydrogens is 270 g/mol. The number of benzene rings is 1. The molecule has 102 valence electrons. The molecule has 0 aliphatic heterocycles. The van der Waals surface area contributed by atoms with E-state index in [9.17, 15) is 8.42 Å². The topological polar surface area (TPSA) is 37.4 Å². The van der Waals surface area contributed by atoms with Gasteiger partial charge in [0.25, 0.3) is 0 Å². The van der Waals surface area contributed by atoms with E-state index < -0.39 is 10.0 Å². The van der Waals surface area contributed by atoms with Gasteiger partial charge < -0.3 is 0 Å². The minimum absolute atomic E-state index is 0.0501. The molecule has 0 aliphatic carbocycles. The normalized spacial score (nSPS) is 12.3. The predicted octanol–water partition coefficient (Wildman–Crippen LogP) is 2.89. The van der Waals surface area contributed by atoms with Crippen LogP contribution in [0.2, 0.25) is 0 Å². The molecule has 3 nitrogen and oxygen atoms in total. The fourth-order valence-corrected chi connectivity index (χ4v) is 3.04. The molecule has 18 heavy (non-hydrogen) atoms. The maximum absolute atomic E-state index is 12.2. The summed E-state index contributed by atoms with van der Waals surface area (Å²) >= 11 is 5.63. The van der Waals surface area contributed by atoms with Gasteiger partial charge in [-0.2, -0.15) is 4.31 Å². The van der Waals surface area contributed by atoms with Crippen molar-refractivity contribution < 1.29 is 8.42 Å². The molecule has 1 aromatic carbocycles. The van der Waals surface area contributed by atoms with Gasteiger partial charge in [0.05, 0.1) is 4.90 Å². The van der Waals surface area contributed by atoms with Gasteiger partial charge in [-0.05, 0) is 44.4 Å². The Morgan fingerprint density at radius 3 is 2.22 bits per heavy atom. The first-order valence-electron chi connectivity index (χ1n) is 6.02. The lowest BCUT2D eigenvalue weighted by molar-refractivity contribution is 0.410. The van der Waals surface area contributed by atoms with Gasteiger partial charge in [-0.15, -0.1) is 11.6 Å². The third-order valence-electron chi connectivity index (χ3n) is 2.93. The van der Waals surface area contributed by atoms with Crippen LogP contribution in [0.5, 0.6) is 0 Å². The molecule has 0 spiro atoms. The number of hydrogen-bond acceptors (Lipinski definition) is 2. The first kappa shape index (κ1) is 15.5. The maximum Gasteiger partial charge on any atom is 0.243 e. The quantitative estimate of drug-likeness (QED) is 0.755. The second-order valence-corrected chi connectivity index (χ2v) is 6.93. The van der Waals surface area contributed by atoms with E-state index in [0.29, 0.717) is 10.8 Å². The van der Waals surface area contributed by atoms with Crippen LogP contribution < -0.4 is 0 Å². The van der Waals surface area contributed by atoms with Gasteiger partial charge in [-0.3, -0.25) is 0 Å². The van der Waals surface area contributed by atoms with E-state index in [-0.39, 0.29) is 6.04 Å². The fraction of sp³-hybridized carbons (Fsp3) is 0.538. The zero-order valence-corrected chi connectivity index (χ0v) is 12.6. The summed E-state index contributed by atoms with van der Waals surface area (Å²) in [6.45, 7) is 3.71. The summed E-state index contributed by atoms with van der Waals surface area (Å²) < 4.78 is 25.8. The largest absolute Gasteiger partial charge is 0.243 e. The summed E-state index contributed by atoms with van der Waals surface area (Å²) in [5.41, 5.74) is 1.11. The highest BCUT2D eigenvalue weighted by Crippen LogP contribution is 2.17. The Morgan fingerprint density at radius 1 is 1.22 bits per heavy atom. The van der Waals surface area contributed by atoms with Crippen LogP contribution in [-0.4, -0.2) is 31.7 Å². The zero-order valence-electron chi connectivity index (χ0n) is 11.1. The average molecular weight is 290 g/mol.